The maximum absolute atomic E-state index is 14.0. The number of aromatic nitrogens is 6. The van der Waals surface area contributed by atoms with Crippen LogP contribution in [-0.4, -0.2) is 94.1 Å². The van der Waals surface area contributed by atoms with Gasteiger partial charge in [0, 0.05) is 47.0 Å². The standard InChI is InChI=1S/C38H55N6O8P.C29H45N4O5P/c1-23(21-49-26(4)45)44-31(19-20-39-44)35(46)41-34(33(28-11-12-28)29-13-14-29)36(47)40-30-17-15-27(16-18-30)32-24(2)42-43(25(32)3)22-50-53(48,51-37(5,6)7)52-38(8,9)10;1-18-24(19(2)33(32-18)17-36-39(35,37-28(3,4)5)38-29(6,7)8)20-13-15-23(16-14-20)31-27(34)26(30)25(21-9-10-21)22-11-12-22/h15-20,23,28-29,33-34H,11-14,21-22H2,1-10H3,(H,40,47)(H,41,46);13-16,21-22,25-26H,9-12,17,30H2,1-8H3,(H,31,34)/t23-,34-;26-/m00/s1. The fraction of sp³-hybridized carbons (Fsp3) is 0.627. The Labute approximate surface area is 543 Å². The number of hydrogen-bond acceptors (Lipinski definition) is 17. The van der Waals surface area contributed by atoms with E-state index in [1.807, 2.05) is 83.1 Å². The van der Waals surface area contributed by atoms with Crippen molar-refractivity contribution in [2.24, 2.45) is 41.2 Å². The summed E-state index contributed by atoms with van der Waals surface area (Å²) in [5.41, 5.74) is 11.9. The highest BCUT2D eigenvalue weighted by atomic mass is 31.2. The fourth-order valence-corrected chi connectivity index (χ4v) is 15.3. The zero-order valence-electron chi connectivity index (χ0n) is 57.2. The summed E-state index contributed by atoms with van der Waals surface area (Å²) in [5.74, 6) is 1.13. The Hall–Kier alpha value is -5.87. The Morgan fingerprint density at radius 1 is 0.576 bits per heavy atom. The van der Waals surface area contributed by atoms with E-state index in [1.54, 1.807) is 98.5 Å². The lowest BCUT2D eigenvalue weighted by molar-refractivity contribution is -0.142. The summed E-state index contributed by atoms with van der Waals surface area (Å²) in [5, 5.41) is 22.7. The lowest BCUT2D eigenvalue weighted by Gasteiger charge is -2.30. The van der Waals surface area contributed by atoms with Crippen molar-refractivity contribution >= 4 is 50.7 Å². The fourth-order valence-electron chi connectivity index (χ4n) is 11.8. The summed E-state index contributed by atoms with van der Waals surface area (Å²) in [6.07, 6.45) is 10.4. The van der Waals surface area contributed by atoms with Crippen LogP contribution in [0, 0.1) is 63.2 Å². The van der Waals surface area contributed by atoms with Gasteiger partial charge in [-0.1, -0.05) is 24.3 Å². The number of nitrogens with zero attached hydrogens (tertiary/aromatic N) is 6. The van der Waals surface area contributed by atoms with Gasteiger partial charge < -0.3 is 26.4 Å². The number of phosphoric acid groups is 2. The van der Waals surface area contributed by atoms with E-state index in [0.29, 0.717) is 41.0 Å². The van der Waals surface area contributed by atoms with Gasteiger partial charge in [0.1, 0.15) is 18.3 Å². The molecule has 4 saturated carbocycles. The molecule has 9 rings (SSSR count). The number of nitrogens with two attached hydrogens (primary N) is 1. The molecule has 5 N–H and O–H groups in total. The molecule has 0 aliphatic heterocycles. The summed E-state index contributed by atoms with van der Waals surface area (Å²) in [7, 11) is -7.83. The van der Waals surface area contributed by atoms with Gasteiger partial charge in [-0.2, -0.15) is 15.3 Å². The van der Waals surface area contributed by atoms with E-state index in [4.69, 9.17) is 37.6 Å². The van der Waals surface area contributed by atoms with Crippen molar-refractivity contribution in [2.45, 2.75) is 230 Å². The second-order valence-electron chi connectivity index (χ2n) is 29.2. The molecule has 0 spiro atoms. The van der Waals surface area contributed by atoms with Crippen LogP contribution in [0.3, 0.4) is 0 Å². The highest BCUT2D eigenvalue weighted by Gasteiger charge is 2.49. The summed E-state index contributed by atoms with van der Waals surface area (Å²) < 4.78 is 71.5. The van der Waals surface area contributed by atoms with Crippen LogP contribution in [0.4, 0.5) is 11.4 Å². The predicted octanol–water partition coefficient (Wildman–Crippen LogP) is 14.0. The molecule has 3 amide bonds. The number of ether oxygens (including phenoxy) is 1. The molecule has 506 valence electrons. The van der Waals surface area contributed by atoms with Crippen LogP contribution >= 0.6 is 15.6 Å². The molecule has 4 aliphatic rings. The van der Waals surface area contributed by atoms with Crippen molar-refractivity contribution in [1.29, 1.82) is 0 Å². The van der Waals surface area contributed by atoms with Crippen molar-refractivity contribution in [3.63, 3.8) is 0 Å². The molecule has 3 atom stereocenters. The number of phosphoric ester groups is 2. The molecular formula is C67H100N10O13P2. The number of nitrogens with one attached hydrogen (secondary N) is 3. The van der Waals surface area contributed by atoms with E-state index >= 15 is 0 Å². The van der Waals surface area contributed by atoms with Crippen LogP contribution in [-0.2, 0) is 68.9 Å². The molecule has 25 heteroatoms. The third kappa shape index (κ3) is 20.3. The van der Waals surface area contributed by atoms with Gasteiger partial charge in [0.05, 0.1) is 45.9 Å². The van der Waals surface area contributed by atoms with E-state index in [-0.39, 0.29) is 43.8 Å². The molecule has 0 radical (unpaired) electrons. The maximum Gasteiger partial charge on any atom is 0.477 e. The quantitative estimate of drug-likeness (QED) is 0.0281. The van der Waals surface area contributed by atoms with Crippen LogP contribution in [0.25, 0.3) is 22.3 Å². The van der Waals surface area contributed by atoms with Gasteiger partial charge in [0.2, 0.25) is 11.8 Å². The summed E-state index contributed by atoms with van der Waals surface area (Å²) in [6.45, 7) is 32.1. The zero-order chi connectivity index (χ0) is 67.6. The molecule has 2 aromatic carbocycles. The predicted molar refractivity (Wildman–Crippen MR) is 353 cm³/mol. The van der Waals surface area contributed by atoms with Gasteiger partial charge in [-0.25, -0.2) is 18.5 Å². The van der Waals surface area contributed by atoms with Gasteiger partial charge >= 0.3 is 21.6 Å². The first kappa shape index (κ1) is 72.0. The molecule has 0 unspecified atom stereocenters. The minimum atomic E-state index is -3.95. The van der Waals surface area contributed by atoms with E-state index < -0.39 is 62.0 Å². The highest BCUT2D eigenvalue weighted by molar-refractivity contribution is 7.48. The number of carbonyl (C=O) groups is 4. The van der Waals surface area contributed by atoms with Crippen molar-refractivity contribution in [2.75, 3.05) is 17.2 Å². The average Bonchev–Trinajstić information content (AvgIpc) is 1.64. The molecule has 3 heterocycles. The Morgan fingerprint density at radius 3 is 1.30 bits per heavy atom. The van der Waals surface area contributed by atoms with Crippen LogP contribution in [0.15, 0.2) is 60.8 Å². The van der Waals surface area contributed by atoms with Crippen LogP contribution in [0.1, 0.15) is 188 Å². The van der Waals surface area contributed by atoms with Gasteiger partial charge in [-0.05, 0) is 246 Å². The van der Waals surface area contributed by atoms with Crippen LogP contribution in [0.5, 0.6) is 0 Å². The topological polar surface area (TPSA) is 283 Å². The molecular weight excluding hydrogens is 1210 g/mol. The molecule has 3 aromatic heterocycles. The molecule has 5 aromatic rings. The number of aryl methyl sites for hydroxylation is 2. The third-order valence-electron chi connectivity index (χ3n) is 16.0. The number of amides is 3. The molecule has 23 nitrogen and oxygen atoms in total. The smallest absolute Gasteiger partial charge is 0.464 e. The van der Waals surface area contributed by atoms with Crippen molar-refractivity contribution in [1.82, 2.24) is 34.7 Å². The first-order chi connectivity index (χ1) is 42.8. The highest BCUT2D eigenvalue weighted by Crippen LogP contribution is 2.57. The number of benzene rings is 2. The molecule has 0 bridgehead atoms. The van der Waals surface area contributed by atoms with E-state index in [9.17, 15) is 28.3 Å². The van der Waals surface area contributed by atoms with Gasteiger partial charge in [-0.3, -0.25) is 51.0 Å². The first-order valence-corrected chi connectivity index (χ1v) is 35.2. The van der Waals surface area contributed by atoms with Crippen LogP contribution in [0.2, 0.25) is 0 Å². The molecule has 4 fully saturated rings. The van der Waals surface area contributed by atoms with Gasteiger partial charge in [-0.15, -0.1) is 0 Å². The third-order valence-corrected chi connectivity index (χ3v) is 20.0. The SMILES string of the molecule is CC(=O)OC[C@H](C)n1nccc1C(=O)N[C@H](C(=O)Nc1ccc(-c2c(C)nn(COP(=O)(OC(C)(C)C)OC(C)(C)C)c2C)cc1)C(C1CC1)C1CC1.Cc1nn(COP(=O)(OC(C)(C)C)OC(C)(C)C)c(C)c1-c1ccc(NC(=O)[C@@H](N)C(C2CC2)C2CC2)cc1. The minimum Gasteiger partial charge on any atom is -0.464 e. The first-order valence-electron chi connectivity index (χ1n) is 32.2. The monoisotopic (exact) mass is 1310 g/mol. The Bertz CT molecular complexity index is 3440. The number of rotatable bonds is 27. The maximum atomic E-state index is 14.0. The average molecular weight is 1320 g/mol. The Morgan fingerprint density at radius 2 is 0.946 bits per heavy atom. The lowest BCUT2D eigenvalue weighted by Crippen LogP contribution is -2.50. The second-order valence-corrected chi connectivity index (χ2v) is 32.3. The number of anilines is 2. The lowest BCUT2D eigenvalue weighted by atomic mass is 9.88. The minimum absolute atomic E-state index is 0.0318. The largest absolute Gasteiger partial charge is 0.477 e. The normalized spacial score (nSPS) is 16.8. The summed E-state index contributed by atoms with van der Waals surface area (Å²) in [4.78, 5) is 52.0. The number of carbonyl (C=O) groups excluding carboxylic acids is 4. The molecule has 4 aliphatic carbocycles. The Kier molecular flexibility index (Phi) is 22.4. The summed E-state index contributed by atoms with van der Waals surface area (Å²) in [6, 6.07) is 15.2. The van der Waals surface area contributed by atoms with Crippen molar-refractivity contribution < 1.29 is 60.2 Å². The number of esters is 1. The van der Waals surface area contributed by atoms with Gasteiger partial charge in [0.25, 0.3) is 5.91 Å². The number of hydrogen-bond donors (Lipinski definition) is 4. The molecule has 0 saturated heterocycles. The van der Waals surface area contributed by atoms with E-state index in [0.717, 1.165) is 76.4 Å². The van der Waals surface area contributed by atoms with Crippen molar-refractivity contribution in [3.05, 3.63) is 89.3 Å². The van der Waals surface area contributed by atoms with Crippen LogP contribution < -0.4 is 21.7 Å². The summed E-state index contributed by atoms with van der Waals surface area (Å²) >= 11 is 0. The Balaban J connectivity index is 0.000000248. The zero-order valence-corrected chi connectivity index (χ0v) is 59.0. The van der Waals surface area contributed by atoms with E-state index in [1.165, 1.54) is 43.5 Å². The van der Waals surface area contributed by atoms with Gasteiger partial charge in [0.15, 0.2) is 13.5 Å². The molecule has 92 heavy (non-hydrogen) atoms. The van der Waals surface area contributed by atoms with E-state index in [2.05, 4.69) is 31.2 Å². The van der Waals surface area contributed by atoms with Crippen molar-refractivity contribution in [3.8, 4) is 22.3 Å². The second kappa shape index (κ2) is 28.6.